The number of fused-ring (bicyclic) bond motifs is 1. The van der Waals surface area contributed by atoms with Crippen LogP contribution < -0.4 is 15.4 Å². The van der Waals surface area contributed by atoms with Crippen molar-refractivity contribution in [3.8, 4) is 5.75 Å². The zero-order valence-electron chi connectivity index (χ0n) is 18.8. The molecule has 0 aliphatic carbocycles. The Bertz CT molecular complexity index is 839. The number of guanidine groups is 1. The maximum Gasteiger partial charge on any atom is 0.191 e. The minimum Gasteiger partial charge on any atom is -0.493 e. The third-order valence-corrected chi connectivity index (χ3v) is 5.06. The van der Waals surface area contributed by atoms with Gasteiger partial charge in [-0.15, -0.1) is 0 Å². The highest BCUT2D eigenvalue weighted by Crippen LogP contribution is 2.25. The summed E-state index contributed by atoms with van der Waals surface area (Å²) in [5.74, 6) is 1.87. The highest BCUT2D eigenvalue weighted by Gasteiger charge is 2.11. The summed E-state index contributed by atoms with van der Waals surface area (Å²) >= 11 is 0. The van der Waals surface area contributed by atoms with Crippen LogP contribution in [0.1, 0.15) is 36.1 Å². The Kier molecular flexibility index (Phi) is 9.67. The average Bonchev–Trinajstić information content (AvgIpc) is 3.26. The van der Waals surface area contributed by atoms with E-state index in [4.69, 9.17) is 19.2 Å². The van der Waals surface area contributed by atoms with Crippen molar-refractivity contribution in [1.82, 2.24) is 10.6 Å². The number of nitrogens with one attached hydrogen (secondary N) is 2. The van der Waals surface area contributed by atoms with Gasteiger partial charge in [0.1, 0.15) is 5.75 Å². The number of hydrogen-bond donors (Lipinski definition) is 2. The molecule has 6 heteroatoms. The summed E-state index contributed by atoms with van der Waals surface area (Å²) in [5, 5.41) is 6.77. The predicted octanol–water partition coefficient (Wildman–Crippen LogP) is 3.47. The van der Waals surface area contributed by atoms with E-state index in [-0.39, 0.29) is 0 Å². The molecule has 0 unspecified atom stereocenters. The molecule has 2 N–H and O–H groups in total. The Labute approximate surface area is 186 Å². The molecule has 0 saturated carbocycles. The van der Waals surface area contributed by atoms with Crippen molar-refractivity contribution in [2.75, 3.05) is 39.5 Å². The van der Waals surface area contributed by atoms with Gasteiger partial charge in [0.2, 0.25) is 0 Å². The number of ether oxygens (including phenoxy) is 3. The monoisotopic (exact) mass is 425 g/mol. The summed E-state index contributed by atoms with van der Waals surface area (Å²) in [6, 6.07) is 14.9. The van der Waals surface area contributed by atoms with Crippen LogP contribution in [-0.4, -0.2) is 45.5 Å². The molecule has 1 aliphatic heterocycles. The number of hydrogen-bond acceptors (Lipinski definition) is 4. The highest BCUT2D eigenvalue weighted by atomic mass is 16.5. The molecule has 0 radical (unpaired) electrons. The first-order chi connectivity index (χ1) is 15.3. The van der Waals surface area contributed by atoms with Crippen molar-refractivity contribution >= 4 is 5.96 Å². The van der Waals surface area contributed by atoms with Crippen LogP contribution in [-0.2, 0) is 35.5 Å². The molecule has 0 spiro atoms. The normalized spacial score (nSPS) is 13.0. The Hall–Kier alpha value is -2.57. The van der Waals surface area contributed by atoms with Gasteiger partial charge in [0.05, 0.1) is 33.0 Å². The van der Waals surface area contributed by atoms with Crippen LogP contribution in [0.5, 0.6) is 5.75 Å². The highest BCUT2D eigenvalue weighted by molar-refractivity contribution is 5.79. The van der Waals surface area contributed by atoms with Gasteiger partial charge in [0.15, 0.2) is 5.96 Å². The lowest BCUT2D eigenvalue weighted by molar-refractivity contribution is 0.0453. The summed E-state index contributed by atoms with van der Waals surface area (Å²) in [7, 11) is 0. The second-order valence-corrected chi connectivity index (χ2v) is 7.48. The van der Waals surface area contributed by atoms with Gasteiger partial charge in [-0.2, -0.15) is 0 Å². The van der Waals surface area contributed by atoms with E-state index in [0.717, 1.165) is 56.4 Å². The SMILES string of the molecule is CCNC(=NCc1cccc(COCCOCC)c1)NCCc1ccc2c(c1)CCO2. The Balaban J connectivity index is 1.47. The van der Waals surface area contributed by atoms with Crippen LogP contribution in [0.25, 0.3) is 0 Å². The Morgan fingerprint density at radius 2 is 1.87 bits per heavy atom. The van der Waals surface area contributed by atoms with Crippen molar-refractivity contribution in [2.45, 2.75) is 39.8 Å². The molecule has 0 bridgehead atoms. The van der Waals surface area contributed by atoms with E-state index < -0.39 is 0 Å². The van der Waals surface area contributed by atoms with Crippen LogP contribution in [0.4, 0.5) is 0 Å². The molecule has 6 nitrogen and oxygen atoms in total. The molecule has 0 fully saturated rings. The summed E-state index contributed by atoms with van der Waals surface area (Å²) in [6.07, 6.45) is 1.96. The smallest absolute Gasteiger partial charge is 0.191 e. The molecule has 3 rings (SSSR count). The van der Waals surface area contributed by atoms with E-state index in [1.54, 1.807) is 0 Å². The molecule has 0 atom stereocenters. The zero-order chi connectivity index (χ0) is 21.7. The van der Waals surface area contributed by atoms with Gasteiger partial charge in [-0.25, -0.2) is 4.99 Å². The van der Waals surface area contributed by atoms with Crippen LogP contribution in [0.15, 0.2) is 47.5 Å². The maximum atomic E-state index is 5.67. The molecule has 1 aliphatic rings. The van der Waals surface area contributed by atoms with E-state index in [2.05, 4.69) is 60.0 Å². The lowest BCUT2D eigenvalue weighted by Crippen LogP contribution is -2.38. The third-order valence-electron chi connectivity index (χ3n) is 5.06. The van der Waals surface area contributed by atoms with Gasteiger partial charge in [-0.1, -0.05) is 36.4 Å². The minimum atomic E-state index is 0.592. The largest absolute Gasteiger partial charge is 0.493 e. The van der Waals surface area contributed by atoms with E-state index >= 15 is 0 Å². The first kappa shape index (κ1) is 23.1. The molecule has 0 aromatic heterocycles. The van der Waals surface area contributed by atoms with E-state index in [0.29, 0.717) is 26.4 Å². The topological polar surface area (TPSA) is 64.1 Å². The quantitative estimate of drug-likeness (QED) is 0.310. The Morgan fingerprint density at radius 1 is 1.00 bits per heavy atom. The molecular weight excluding hydrogens is 390 g/mol. The van der Waals surface area contributed by atoms with Gasteiger partial charge in [-0.05, 0) is 48.6 Å². The predicted molar refractivity (Wildman–Crippen MR) is 125 cm³/mol. The second kappa shape index (κ2) is 13.0. The maximum absolute atomic E-state index is 5.67. The fraction of sp³-hybridized carbons (Fsp3) is 0.480. The average molecular weight is 426 g/mol. The van der Waals surface area contributed by atoms with Crippen LogP contribution in [0.3, 0.4) is 0 Å². The fourth-order valence-corrected chi connectivity index (χ4v) is 3.50. The first-order valence-electron chi connectivity index (χ1n) is 11.3. The van der Waals surface area contributed by atoms with Crippen molar-refractivity contribution < 1.29 is 14.2 Å². The van der Waals surface area contributed by atoms with Crippen molar-refractivity contribution in [2.24, 2.45) is 4.99 Å². The molecule has 1 heterocycles. The summed E-state index contributed by atoms with van der Waals surface area (Å²) < 4.78 is 16.6. The molecule has 0 amide bonds. The first-order valence-corrected chi connectivity index (χ1v) is 11.3. The van der Waals surface area contributed by atoms with Crippen LogP contribution in [0.2, 0.25) is 0 Å². The summed E-state index contributed by atoms with van der Waals surface area (Å²) in [4.78, 5) is 4.75. The number of aliphatic imine (C=N–C) groups is 1. The lowest BCUT2D eigenvalue weighted by atomic mass is 10.1. The molecule has 2 aromatic rings. The van der Waals surface area contributed by atoms with Gasteiger partial charge in [0, 0.05) is 26.1 Å². The zero-order valence-corrected chi connectivity index (χ0v) is 18.8. The Morgan fingerprint density at radius 3 is 2.74 bits per heavy atom. The van der Waals surface area contributed by atoms with Gasteiger partial charge in [-0.3, -0.25) is 0 Å². The molecule has 0 saturated heterocycles. The van der Waals surface area contributed by atoms with Crippen molar-refractivity contribution in [3.05, 3.63) is 64.7 Å². The van der Waals surface area contributed by atoms with E-state index in [1.807, 2.05) is 6.92 Å². The second-order valence-electron chi connectivity index (χ2n) is 7.48. The number of benzene rings is 2. The summed E-state index contributed by atoms with van der Waals surface area (Å²) in [5.41, 5.74) is 4.97. The number of nitrogens with zero attached hydrogens (tertiary/aromatic N) is 1. The third kappa shape index (κ3) is 7.89. The van der Waals surface area contributed by atoms with Gasteiger partial charge < -0.3 is 24.8 Å². The lowest BCUT2D eigenvalue weighted by Gasteiger charge is -2.12. The number of rotatable bonds is 12. The standard InChI is InChI=1S/C25H35N3O3/c1-3-26-25(27-12-10-20-8-9-24-23(17-20)11-13-31-24)28-18-21-6-5-7-22(16-21)19-30-15-14-29-4-2/h5-9,16-17H,3-4,10-15,18-19H2,1-2H3,(H2,26,27,28). The summed E-state index contributed by atoms with van der Waals surface area (Å²) in [6.45, 7) is 9.72. The van der Waals surface area contributed by atoms with Crippen molar-refractivity contribution in [1.29, 1.82) is 0 Å². The molecule has 168 valence electrons. The molecular formula is C25H35N3O3. The minimum absolute atomic E-state index is 0.592. The van der Waals surface area contributed by atoms with Crippen molar-refractivity contribution in [3.63, 3.8) is 0 Å². The van der Waals surface area contributed by atoms with E-state index in [1.165, 1.54) is 16.7 Å². The molecule has 2 aromatic carbocycles. The molecule has 31 heavy (non-hydrogen) atoms. The van der Waals surface area contributed by atoms with Gasteiger partial charge >= 0.3 is 0 Å². The van der Waals surface area contributed by atoms with E-state index in [9.17, 15) is 0 Å². The van der Waals surface area contributed by atoms with Crippen LogP contribution >= 0.6 is 0 Å². The fourth-order valence-electron chi connectivity index (χ4n) is 3.50. The van der Waals surface area contributed by atoms with Crippen LogP contribution in [0, 0.1) is 0 Å². The van der Waals surface area contributed by atoms with Gasteiger partial charge in [0.25, 0.3) is 0 Å².